The van der Waals surface area contributed by atoms with E-state index in [0.29, 0.717) is 12.8 Å². The maximum atomic E-state index is 13.5. The van der Waals surface area contributed by atoms with Crippen molar-refractivity contribution in [2.45, 2.75) is 60.6 Å². The molecule has 2 aromatic rings. The van der Waals surface area contributed by atoms with E-state index >= 15 is 0 Å². The van der Waals surface area contributed by atoms with Crippen LogP contribution in [0, 0.1) is 0 Å². The van der Waals surface area contributed by atoms with Crippen LogP contribution in [0.3, 0.4) is 0 Å². The zero-order valence-corrected chi connectivity index (χ0v) is 20.4. The molecular formula is C27H32N2O4S. The molecule has 0 amide bonds. The summed E-state index contributed by atoms with van der Waals surface area (Å²) >= 11 is 0. The Hall–Kier alpha value is -2.19. The molecule has 180 valence electrons. The Bertz CT molecular complexity index is 1230. The van der Waals surface area contributed by atoms with Crippen LogP contribution < -0.4 is 4.74 Å². The Morgan fingerprint density at radius 1 is 1.21 bits per heavy atom. The fourth-order valence-corrected chi connectivity index (χ4v) is 8.87. The minimum Gasteiger partial charge on any atom is -0.487 e. The third-order valence-corrected chi connectivity index (χ3v) is 10.7. The van der Waals surface area contributed by atoms with Crippen molar-refractivity contribution in [1.29, 1.82) is 0 Å². The fourth-order valence-electron chi connectivity index (χ4n) is 7.42. The number of sulfonamides is 1. The number of hydrogen-bond acceptors (Lipinski definition) is 5. The molecule has 2 bridgehead atoms. The standard InChI is InChI=1S/C27H32N2O4S/c1-3-15-29-16-14-26-24-20-10-7-11-22(24)33-25(26)21(12-13-27(26,30)23(29)17-20)28(2)34(31,32)18-19-8-5-4-6-9-19/h3-11,21,23,25,30H,1,12-18H2,2H3/t21-,23-,25+,26+,27-/m1/s1. The Kier molecular flexibility index (Phi) is 5.02. The molecule has 6 nitrogen and oxygen atoms in total. The predicted octanol–water partition coefficient (Wildman–Crippen LogP) is 2.86. The highest BCUT2D eigenvalue weighted by molar-refractivity contribution is 7.88. The van der Waals surface area contributed by atoms with Gasteiger partial charge in [0.25, 0.3) is 0 Å². The Labute approximate surface area is 201 Å². The third-order valence-electron chi connectivity index (χ3n) is 8.90. The van der Waals surface area contributed by atoms with E-state index in [2.05, 4.69) is 17.5 Å². The van der Waals surface area contributed by atoms with Crippen LogP contribution in [0.25, 0.3) is 0 Å². The predicted molar refractivity (Wildman–Crippen MR) is 131 cm³/mol. The normalized spacial score (nSPS) is 33.9. The van der Waals surface area contributed by atoms with E-state index in [1.807, 2.05) is 48.5 Å². The summed E-state index contributed by atoms with van der Waals surface area (Å²) in [5.74, 6) is 0.774. The number of hydrogen-bond donors (Lipinski definition) is 1. The first-order valence-electron chi connectivity index (χ1n) is 12.2. The summed E-state index contributed by atoms with van der Waals surface area (Å²) in [7, 11) is -1.89. The second-order valence-corrected chi connectivity index (χ2v) is 12.4. The first-order chi connectivity index (χ1) is 16.3. The lowest BCUT2D eigenvalue weighted by Gasteiger charge is -2.64. The van der Waals surface area contributed by atoms with Gasteiger partial charge in [0.1, 0.15) is 11.9 Å². The van der Waals surface area contributed by atoms with Crippen LogP contribution in [0.4, 0.5) is 0 Å². The average molecular weight is 481 g/mol. The molecule has 1 saturated carbocycles. The van der Waals surface area contributed by atoms with Crippen LogP contribution in [0.15, 0.2) is 61.2 Å². The van der Waals surface area contributed by atoms with Gasteiger partial charge in [-0.25, -0.2) is 8.42 Å². The molecule has 2 aliphatic carbocycles. The molecule has 6 rings (SSSR count). The summed E-state index contributed by atoms with van der Waals surface area (Å²) < 4.78 is 35.1. The summed E-state index contributed by atoms with van der Waals surface area (Å²) in [6.07, 6.45) is 4.13. The second kappa shape index (κ2) is 7.65. The van der Waals surface area contributed by atoms with Gasteiger partial charge in [0.15, 0.2) is 0 Å². The van der Waals surface area contributed by atoms with Crippen LogP contribution in [0.5, 0.6) is 5.75 Å². The average Bonchev–Trinajstić information content (AvgIpc) is 3.16. The number of rotatable bonds is 6. The lowest BCUT2D eigenvalue weighted by molar-refractivity contribution is -0.193. The summed E-state index contributed by atoms with van der Waals surface area (Å²) in [4.78, 5) is 2.35. The molecule has 4 aliphatic rings. The van der Waals surface area contributed by atoms with Gasteiger partial charge >= 0.3 is 0 Å². The van der Waals surface area contributed by atoms with Gasteiger partial charge < -0.3 is 9.84 Å². The Morgan fingerprint density at radius 2 is 2.00 bits per heavy atom. The van der Waals surface area contributed by atoms with Crippen LogP contribution in [0.2, 0.25) is 0 Å². The van der Waals surface area contributed by atoms with Gasteiger partial charge in [0, 0.05) is 25.2 Å². The third kappa shape index (κ3) is 2.87. The van der Waals surface area contributed by atoms with Crippen LogP contribution >= 0.6 is 0 Å². The van der Waals surface area contributed by atoms with Crippen molar-refractivity contribution in [2.24, 2.45) is 0 Å². The fraction of sp³-hybridized carbons (Fsp3) is 0.481. The quantitative estimate of drug-likeness (QED) is 0.644. The molecule has 1 N–H and O–H groups in total. The second-order valence-electron chi connectivity index (χ2n) is 10.3. The van der Waals surface area contributed by atoms with Gasteiger partial charge in [-0.2, -0.15) is 4.31 Å². The van der Waals surface area contributed by atoms with Crippen molar-refractivity contribution in [2.75, 3.05) is 20.1 Å². The van der Waals surface area contributed by atoms with E-state index < -0.39 is 27.1 Å². The maximum absolute atomic E-state index is 13.5. The summed E-state index contributed by atoms with van der Waals surface area (Å²) in [5, 5.41) is 12.4. The highest BCUT2D eigenvalue weighted by Gasteiger charge is 2.73. The highest BCUT2D eigenvalue weighted by Crippen LogP contribution is 2.64. The van der Waals surface area contributed by atoms with E-state index in [0.717, 1.165) is 42.8 Å². The van der Waals surface area contributed by atoms with Crippen molar-refractivity contribution in [1.82, 2.24) is 9.21 Å². The van der Waals surface area contributed by atoms with Gasteiger partial charge in [-0.1, -0.05) is 48.5 Å². The molecular weight excluding hydrogens is 448 g/mol. The SMILES string of the molecule is C=CCN1CC[C@]23c4c5cccc4O[C@H]2[C@H](N(C)S(=O)(=O)Cc2ccccc2)CC[C@@]3(O)[C@H]1C5. The molecule has 0 unspecified atom stereocenters. The van der Waals surface area contributed by atoms with E-state index in [1.54, 1.807) is 7.05 Å². The number of piperidine rings is 1. The molecule has 34 heavy (non-hydrogen) atoms. The van der Waals surface area contributed by atoms with Crippen molar-refractivity contribution >= 4 is 10.0 Å². The lowest BCUT2D eigenvalue weighted by Crippen LogP contribution is -2.78. The van der Waals surface area contributed by atoms with E-state index in [4.69, 9.17) is 4.74 Å². The lowest BCUT2D eigenvalue weighted by atomic mass is 9.48. The summed E-state index contributed by atoms with van der Waals surface area (Å²) in [6.45, 7) is 5.50. The van der Waals surface area contributed by atoms with E-state index in [1.165, 1.54) is 9.87 Å². The summed E-state index contributed by atoms with van der Waals surface area (Å²) in [5.41, 5.74) is 1.56. The van der Waals surface area contributed by atoms with Gasteiger partial charge in [-0.15, -0.1) is 6.58 Å². The van der Waals surface area contributed by atoms with Gasteiger partial charge in [-0.05, 0) is 49.4 Å². The molecule has 1 saturated heterocycles. The molecule has 2 heterocycles. The maximum Gasteiger partial charge on any atom is 0.218 e. The number of likely N-dealkylation sites (tertiary alicyclic amines) is 1. The molecule has 2 aromatic carbocycles. The molecule has 0 aromatic heterocycles. The van der Waals surface area contributed by atoms with Gasteiger partial charge in [-0.3, -0.25) is 4.90 Å². The Morgan fingerprint density at radius 3 is 2.76 bits per heavy atom. The highest BCUT2D eigenvalue weighted by atomic mass is 32.2. The largest absolute Gasteiger partial charge is 0.487 e. The van der Waals surface area contributed by atoms with Crippen LogP contribution in [0.1, 0.15) is 36.0 Å². The minimum atomic E-state index is -3.57. The monoisotopic (exact) mass is 480 g/mol. The van der Waals surface area contributed by atoms with Crippen molar-refractivity contribution in [3.8, 4) is 5.75 Å². The molecule has 2 aliphatic heterocycles. The number of benzene rings is 2. The Balaban J connectivity index is 1.42. The zero-order valence-electron chi connectivity index (χ0n) is 19.6. The smallest absolute Gasteiger partial charge is 0.218 e. The zero-order chi connectivity index (χ0) is 23.7. The summed E-state index contributed by atoms with van der Waals surface area (Å²) in [6, 6.07) is 15.1. The first-order valence-corrected chi connectivity index (χ1v) is 13.8. The topological polar surface area (TPSA) is 70.1 Å². The molecule has 2 fully saturated rings. The van der Waals surface area contributed by atoms with Gasteiger partial charge in [0.05, 0.1) is 22.8 Å². The van der Waals surface area contributed by atoms with E-state index in [9.17, 15) is 13.5 Å². The van der Waals surface area contributed by atoms with E-state index in [-0.39, 0.29) is 17.8 Å². The first kappa shape index (κ1) is 22.3. The minimum absolute atomic E-state index is 0.0293. The van der Waals surface area contributed by atoms with Gasteiger partial charge in [0.2, 0.25) is 10.0 Å². The van der Waals surface area contributed by atoms with Crippen molar-refractivity contribution in [3.05, 3.63) is 77.9 Å². The number of likely N-dealkylation sites (N-methyl/N-ethyl adjacent to an activating group) is 1. The van der Waals surface area contributed by atoms with Crippen LogP contribution in [-0.2, 0) is 27.6 Å². The molecule has 7 heteroatoms. The number of aliphatic hydroxyl groups is 1. The van der Waals surface area contributed by atoms with Crippen LogP contribution in [-0.4, -0.2) is 66.7 Å². The van der Waals surface area contributed by atoms with Crippen molar-refractivity contribution in [3.63, 3.8) is 0 Å². The van der Waals surface area contributed by atoms with Crippen molar-refractivity contribution < 1.29 is 18.3 Å². The molecule has 1 spiro atoms. The number of nitrogens with zero attached hydrogens (tertiary/aromatic N) is 2. The molecule has 5 atom stereocenters. The number of ether oxygens (including phenoxy) is 1. The molecule has 0 radical (unpaired) electrons.